The second kappa shape index (κ2) is 10.1. The lowest BCUT2D eigenvalue weighted by molar-refractivity contribution is 0.0598. The van der Waals surface area contributed by atoms with E-state index in [1.165, 1.54) is 7.11 Å². The van der Waals surface area contributed by atoms with Crippen LogP contribution in [0.15, 0.2) is 71.2 Å². The number of rotatable bonds is 6. The number of aromatic hydroxyl groups is 1. The van der Waals surface area contributed by atoms with Crippen LogP contribution in [0.2, 0.25) is 0 Å². The van der Waals surface area contributed by atoms with E-state index in [1.54, 1.807) is 12.1 Å². The minimum Gasteiger partial charge on any atom is -0.508 e. The standard InChI is InChI=1S/C25H25BrN2O4/c1-31-25(30)20-11-10-18(16-24(20)32-19-6-3-2-4-7-19)28-14-12-27(13-15-28)17-21-22(26)8-5-9-23(21)29/h2-11,16,29H,12-15,17H2,1H3. The number of methoxy groups -OCH3 is 1. The number of carbonyl (C=O) groups excluding carboxylic acids is 1. The predicted octanol–water partition coefficient (Wildman–Crippen LogP) is 5.06. The van der Waals surface area contributed by atoms with Gasteiger partial charge in [-0.25, -0.2) is 4.79 Å². The molecule has 6 nitrogen and oxygen atoms in total. The molecule has 1 N–H and O–H groups in total. The van der Waals surface area contributed by atoms with Crippen molar-refractivity contribution in [2.24, 2.45) is 0 Å². The van der Waals surface area contributed by atoms with Gasteiger partial charge in [-0.1, -0.05) is 40.2 Å². The van der Waals surface area contributed by atoms with E-state index in [4.69, 9.17) is 9.47 Å². The van der Waals surface area contributed by atoms with Gasteiger partial charge in [0.05, 0.1) is 7.11 Å². The van der Waals surface area contributed by atoms with Crippen LogP contribution < -0.4 is 9.64 Å². The maximum absolute atomic E-state index is 12.2. The van der Waals surface area contributed by atoms with Crippen LogP contribution in [0.5, 0.6) is 17.2 Å². The van der Waals surface area contributed by atoms with E-state index >= 15 is 0 Å². The Kier molecular flexibility index (Phi) is 6.97. The van der Waals surface area contributed by atoms with Crippen molar-refractivity contribution < 1.29 is 19.4 Å². The second-order valence-electron chi connectivity index (χ2n) is 7.59. The van der Waals surface area contributed by atoms with Crippen molar-refractivity contribution in [3.05, 3.63) is 82.3 Å². The first kappa shape index (κ1) is 22.2. The van der Waals surface area contributed by atoms with Gasteiger partial charge in [0.15, 0.2) is 0 Å². The smallest absolute Gasteiger partial charge is 0.341 e. The number of piperazine rings is 1. The zero-order chi connectivity index (χ0) is 22.5. The highest BCUT2D eigenvalue weighted by atomic mass is 79.9. The number of phenolic OH excluding ortho intramolecular Hbond substituents is 1. The number of anilines is 1. The Morgan fingerprint density at radius 2 is 1.75 bits per heavy atom. The lowest BCUT2D eigenvalue weighted by Crippen LogP contribution is -2.46. The van der Waals surface area contributed by atoms with Crippen molar-refractivity contribution in [3.8, 4) is 17.2 Å². The molecule has 0 bridgehead atoms. The van der Waals surface area contributed by atoms with Gasteiger partial charge in [0.25, 0.3) is 0 Å². The molecule has 1 saturated heterocycles. The molecule has 1 heterocycles. The first-order valence-corrected chi connectivity index (χ1v) is 11.2. The fraction of sp³-hybridized carbons (Fsp3) is 0.240. The third-order valence-corrected chi connectivity index (χ3v) is 6.30. The number of ether oxygens (including phenoxy) is 2. The molecule has 1 fully saturated rings. The zero-order valence-electron chi connectivity index (χ0n) is 17.8. The number of esters is 1. The Hall–Kier alpha value is -3.03. The first-order valence-electron chi connectivity index (χ1n) is 10.4. The highest BCUT2D eigenvalue weighted by Gasteiger charge is 2.22. The largest absolute Gasteiger partial charge is 0.508 e. The van der Waals surface area contributed by atoms with Gasteiger partial charge in [0.2, 0.25) is 0 Å². The van der Waals surface area contributed by atoms with Crippen LogP contribution in [0, 0.1) is 0 Å². The Morgan fingerprint density at radius 3 is 2.44 bits per heavy atom. The highest BCUT2D eigenvalue weighted by molar-refractivity contribution is 9.10. The SMILES string of the molecule is COC(=O)c1ccc(N2CCN(Cc3c(O)cccc3Br)CC2)cc1Oc1ccccc1. The molecule has 32 heavy (non-hydrogen) atoms. The van der Waals surface area contributed by atoms with Gasteiger partial charge in [-0.2, -0.15) is 0 Å². The Bertz CT molecular complexity index is 1060. The molecule has 0 unspecified atom stereocenters. The van der Waals surface area contributed by atoms with E-state index in [9.17, 15) is 9.90 Å². The van der Waals surface area contributed by atoms with Gasteiger partial charge < -0.3 is 19.5 Å². The predicted molar refractivity (Wildman–Crippen MR) is 128 cm³/mol. The molecule has 4 rings (SSSR count). The second-order valence-corrected chi connectivity index (χ2v) is 8.44. The van der Waals surface area contributed by atoms with Crippen molar-refractivity contribution >= 4 is 27.6 Å². The average molecular weight is 497 g/mol. The van der Waals surface area contributed by atoms with E-state index in [0.717, 1.165) is 41.9 Å². The van der Waals surface area contributed by atoms with Gasteiger partial charge >= 0.3 is 5.97 Å². The molecule has 3 aromatic carbocycles. The lowest BCUT2D eigenvalue weighted by Gasteiger charge is -2.36. The molecule has 0 saturated carbocycles. The summed E-state index contributed by atoms with van der Waals surface area (Å²) in [6.45, 7) is 4.05. The molecule has 0 atom stereocenters. The van der Waals surface area contributed by atoms with Crippen molar-refractivity contribution in [1.29, 1.82) is 0 Å². The van der Waals surface area contributed by atoms with Crippen molar-refractivity contribution in [3.63, 3.8) is 0 Å². The quantitative estimate of drug-likeness (QED) is 0.481. The number of carbonyl (C=O) groups is 1. The van der Waals surface area contributed by atoms with E-state index in [-0.39, 0.29) is 0 Å². The number of halogens is 1. The Balaban J connectivity index is 1.48. The van der Waals surface area contributed by atoms with E-state index in [0.29, 0.717) is 29.4 Å². The minimum absolute atomic E-state index is 0.308. The van der Waals surface area contributed by atoms with Crippen LogP contribution in [0.25, 0.3) is 0 Å². The third-order valence-electron chi connectivity index (χ3n) is 5.55. The fourth-order valence-corrected chi connectivity index (χ4v) is 4.26. The highest BCUT2D eigenvalue weighted by Crippen LogP contribution is 2.32. The number of phenols is 1. The Labute approximate surface area is 196 Å². The summed E-state index contributed by atoms with van der Waals surface area (Å²) in [7, 11) is 1.37. The summed E-state index contributed by atoms with van der Waals surface area (Å²) < 4.78 is 11.9. The average Bonchev–Trinajstić information content (AvgIpc) is 2.82. The van der Waals surface area contributed by atoms with Gasteiger partial charge in [-0.15, -0.1) is 0 Å². The van der Waals surface area contributed by atoms with Crippen LogP contribution in [0.3, 0.4) is 0 Å². The van der Waals surface area contributed by atoms with E-state index in [1.807, 2.05) is 54.6 Å². The van der Waals surface area contributed by atoms with Gasteiger partial charge in [-0.05, 0) is 36.4 Å². The number of hydrogen-bond acceptors (Lipinski definition) is 6. The molecule has 0 aromatic heterocycles. The third kappa shape index (κ3) is 5.06. The van der Waals surface area contributed by atoms with Crippen LogP contribution in [0.4, 0.5) is 5.69 Å². The van der Waals surface area contributed by atoms with Crippen molar-refractivity contribution in [1.82, 2.24) is 4.90 Å². The molecule has 0 radical (unpaired) electrons. The molecule has 166 valence electrons. The van der Waals surface area contributed by atoms with Crippen LogP contribution in [-0.2, 0) is 11.3 Å². The molecule has 7 heteroatoms. The molecule has 1 aliphatic heterocycles. The van der Waals surface area contributed by atoms with E-state index < -0.39 is 5.97 Å². The molecule has 0 amide bonds. The molecule has 0 aliphatic carbocycles. The first-order chi connectivity index (χ1) is 15.5. The molecule has 3 aromatic rings. The molecule has 0 spiro atoms. The number of nitrogens with zero attached hydrogens (tertiary/aromatic N) is 2. The lowest BCUT2D eigenvalue weighted by atomic mass is 10.1. The van der Waals surface area contributed by atoms with Crippen LogP contribution in [-0.4, -0.2) is 49.3 Å². The van der Waals surface area contributed by atoms with Gasteiger partial charge in [0.1, 0.15) is 22.8 Å². The summed E-state index contributed by atoms with van der Waals surface area (Å²) in [4.78, 5) is 16.8. The summed E-state index contributed by atoms with van der Waals surface area (Å²) in [5.41, 5.74) is 2.29. The monoisotopic (exact) mass is 496 g/mol. The maximum Gasteiger partial charge on any atom is 0.341 e. The van der Waals surface area contributed by atoms with Gasteiger partial charge in [0, 0.05) is 54.5 Å². The van der Waals surface area contributed by atoms with Crippen molar-refractivity contribution in [2.75, 3.05) is 38.2 Å². The van der Waals surface area contributed by atoms with E-state index in [2.05, 4.69) is 25.7 Å². The maximum atomic E-state index is 12.2. The minimum atomic E-state index is -0.430. The summed E-state index contributed by atoms with van der Waals surface area (Å²) in [5, 5.41) is 10.2. The summed E-state index contributed by atoms with van der Waals surface area (Å²) in [6.07, 6.45) is 0. The molecular weight excluding hydrogens is 472 g/mol. The number of para-hydroxylation sites is 1. The number of hydrogen-bond donors (Lipinski definition) is 1. The van der Waals surface area contributed by atoms with Crippen LogP contribution in [0.1, 0.15) is 15.9 Å². The molecule has 1 aliphatic rings. The Morgan fingerprint density at radius 1 is 1.00 bits per heavy atom. The van der Waals surface area contributed by atoms with Crippen LogP contribution >= 0.6 is 15.9 Å². The summed E-state index contributed by atoms with van der Waals surface area (Å²) in [5.74, 6) is 1.01. The zero-order valence-corrected chi connectivity index (χ0v) is 19.4. The fourth-order valence-electron chi connectivity index (χ4n) is 3.78. The normalized spacial score (nSPS) is 14.2. The number of benzene rings is 3. The van der Waals surface area contributed by atoms with Crippen molar-refractivity contribution in [2.45, 2.75) is 6.54 Å². The summed E-state index contributed by atoms with van der Waals surface area (Å²) >= 11 is 3.53. The topological polar surface area (TPSA) is 62.2 Å². The van der Waals surface area contributed by atoms with Gasteiger partial charge in [-0.3, -0.25) is 4.90 Å². The molecular formula is C25H25BrN2O4. The summed E-state index contributed by atoms with van der Waals surface area (Å²) in [6, 6.07) is 20.5.